The average Bonchev–Trinajstić information content (AvgIpc) is 2.39. The molecule has 1 aromatic heterocycles. The molecule has 0 amide bonds. The average molecular weight is 288 g/mol. The lowest BCUT2D eigenvalue weighted by molar-refractivity contribution is -0.384. The van der Waals surface area contributed by atoms with E-state index in [-0.39, 0.29) is 23.4 Å². The van der Waals surface area contributed by atoms with Crippen molar-refractivity contribution >= 4 is 23.1 Å². The zero-order valence-corrected chi connectivity index (χ0v) is 11.0. The van der Waals surface area contributed by atoms with Gasteiger partial charge in [-0.25, -0.2) is 4.98 Å². The lowest BCUT2D eigenvalue weighted by atomic mass is 10.3. The molecule has 19 heavy (non-hydrogen) atoms. The van der Waals surface area contributed by atoms with E-state index in [4.69, 9.17) is 16.7 Å². The molecule has 1 aromatic rings. The van der Waals surface area contributed by atoms with Crippen LogP contribution in [0.5, 0.6) is 0 Å². The summed E-state index contributed by atoms with van der Waals surface area (Å²) in [6.07, 6.45) is 1.13. The van der Waals surface area contributed by atoms with Gasteiger partial charge in [-0.3, -0.25) is 15.0 Å². The summed E-state index contributed by atoms with van der Waals surface area (Å²) in [6, 6.07) is 0. The van der Waals surface area contributed by atoms with Crippen LogP contribution in [0.25, 0.3) is 0 Å². The van der Waals surface area contributed by atoms with Crippen LogP contribution in [0.3, 0.4) is 0 Å². The number of rotatable bonds is 4. The summed E-state index contributed by atoms with van der Waals surface area (Å²) in [5.41, 5.74) is -0.139. The highest BCUT2D eigenvalue weighted by molar-refractivity contribution is 6.28. The van der Waals surface area contributed by atoms with Gasteiger partial charge in [0.2, 0.25) is 11.1 Å². The molecule has 1 fully saturated rings. The standard InChI is InChI=1S/C10H14ClN5O3/c11-10-12-7-8(16(18)19)9(13-10)15-3-1-14(2-4-15)5-6-17/h7,17H,1-6H2. The maximum atomic E-state index is 11.0. The van der Waals surface area contributed by atoms with Gasteiger partial charge < -0.3 is 10.0 Å². The number of aliphatic hydroxyl groups is 1. The van der Waals surface area contributed by atoms with E-state index in [1.165, 1.54) is 0 Å². The first-order valence-corrected chi connectivity index (χ1v) is 6.24. The number of halogens is 1. The van der Waals surface area contributed by atoms with Crippen LogP contribution in [0.15, 0.2) is 6.20 Å². The number of nitrogens with zero attached hydrogens (tertiary/aromatic N) is 5. The Bertz CT molecular complexity index is 464. The summed E-state index contributed by atoms with van der Waals surface area (Å²) in [4.78, 5) is 22.0. The maximum Gasteiger partial charge on any atom is 0.329 e. The molecule has 2 rings (SSSR count). The molecule has 8 nitrogen and oxygen atoms in total. The molecule has 2 heterocycles. The summed E-state index contributed by atoms with van der Waals surface area (Å²) in [6.45, 7) is 3.38. The van der Waals surface area contributed by atoms with Gasteiger partial charge in [-0.1, -0.05) is 0 Å². The van der Waals surface area contributed by atoms with Gasteiger partial charge in [0, 0.05) is 32.7 Å². The van der Waals surface area contributed by atoms with Gasteiger partial charge in [0.1, 0.15) is 6.20 Å². The highest BCUT2D eigenvalue weighted by Gasteiger charge is 2.25. The highest BCUT2D eigenvalue weighted by Crippen LogP contribution is 2.26. The van der Waals surface area contributed by atoms with Crippen LogP contribution in [0.4, 0.5) is 11.5 Å². The van der Waals surface area contributed by atoms with Crippen LogP contribution < -0.4 is 4.90 Å². The van der Waals surface area contributed by atoms with E-state index in [1.807, 2.05) is 4.90 Å². The van der Waals surface area contributed by atoms with Gasteiger partial charge >= 0.3 is 5.69 Å². The van der Waals surface area contributed by atoms with E-state index < -0.39 is 4.92 Å². The summed E-state index contributed by atoms with van der Waals surface area (Å²) < 4.78 is 0. The molecule has 0 spiro atoms. The van der Waals surface area contributed by atoms with Crippen molar-refractivity contribution in [2.45, 2.75) is 0 Å². The Kier molecular flexibility index (Phi) is 4.46. The van der Waals surface area contributed by atoms with Gasteiger partial charge in [-0.2, -0.15) is 4.98 Å². The van der Waals surface area contributed by atoms with Crippen LogP contribution in [0.1, 0.15) is 0 Å². The molecule has 0 aromatic carbocycles. The van der Waals surface area contributed by atoms with Crippen molar-refractivity contribution in [3.05, 3.63) is 21.6 Å². The molecule has 0 unspecified atom stereocenters. The Hall–Kier alpha value is -1.51. The minimum absolute atomic E-state index is 0.00149. The normalized spacial score (nSPS) is 16.6. The van der Waals surface area contributed by atoms with Gasteiger partial charge in [-0.05, 0) is 11.6 Å². The van der Waals surface area contributed by atoms with Crippen LogP contribution >= 0.6 is 11.6 Å². The zero-order chi connectivity index (χ0) is 13.8. The quantitative estimate of drug-likeness (QED) is 0.478. The van der Waals surface area contributed by atoms with E-state index in [9.17, 15) is 10.1 Å². The Morgan fingerprint density at radius 3 is 2.68 bits per heavy atom. The van der Waals surface area contributed by atoms with E-state index in [0.717, 1.165) is 19.3 Å². The molecule has 1 saturated heterocycles. The molecule has 0 atom stereocenters. The van der Waals surface area contributed by atoms with E-state index in [0.29, 0.717) is 19.6 Å². The topological polar surface area (TPSA) is 95.6 Å². The molecule has 0 radical (unpaired) electrons. The second-order valence-corrected chi connectivity index (χ2v) is 4.50. The predicted molar refractivity (Wildman–Crippen MR) is 69.4 cm³/mol. The van der Waals surface area contributed by atoms with Crippen molar-refractivity contribution < 1.29 is 10.0 Å². The fourth-order valence-corrected chi connectivity index (χ4v) is 2.16. The first kappa shape index (κ1) is 13.9. The largest absolute Gasteiger partial charge is 0.395 e. The number of aromatic nitrogens is 2. The van der Waals surface area contributed by atoms with Crippen molar-refractivity contribution in [1.29, 1.82) is 0 Å². The highest BCUT2D eigenvalue weighted by atomic mass is 35.5. The second kappa shape index (κ2) is 6.09. The minimum atomic E-state index is -0.508. The fraction of sp³-hybridized carbons (Fsp3) is 0.600. The second-order valence-electron chi connectivity index (χ2n) is 4.16. The number of hydrogen-bond donors (Lipinski definition) is 1. The number of nitro groups is 1. The Morgan fingerprint density at radius 2 is 2.11 bits per heavy atom. The van der Waals surface area contributed by atoms with E-state index >= 15 is 0 Å². The third-order valence-corrected chi connectivity index (χ3v) is 3.19. The molecule has 0 aliphatic carbocycles. The van der Waals surface area contributed by atoms with Gasteiger partial charge in [0.25, 0.3) is 0 Å². The van der Waals surface area contributed by atoms with Crippen LogP contribution in [0, 0.1) is 10.1 Å². The number of anilines is 1. The number of piperazine rings is 1. The van der Waals surface area contributed by atoms with Gasteiger partial charge in [0.15, 0.2) is 0 Å². The number of β-amino-alcohol motifs (C(OH)–C–C–N with tert-alkyl or cyclic N) is 1. The minimum Gasteiger partial charge on any atom is -0.395 e. The van der Waals surface area contributed by atoms with Crippen molar-refractivity contribution in [3.63, 3.8) is 0 Å². The lowest BCUT2D eigenvalue weighted by Crippen LogP contribution is -2.47. The van der Waals surface area contributed by atoms with E-state index in [2.05, 4.69) is 14.9 Å². The first-order chi connectivity index (χ1) is 9.11. The third-order valence-electron chi connectivity index (χ3n) is 3.01. The number of aliphatic hydroxyl groups excluding tert-OH is 1. The molecule has 9 heteroatoms. The van der Waals surface area contributed by atoms with Crippen LogP contribution in [0.2, 0.25) is 5.28 Å². The molecular formula is C10H14ClN5O3. The van der Waals surface area contributed by atoms with Gasteiger partial charge in [-0.15, -0.1) is 0 Å². The van der Waals surface area contributed by atoms with Gasteiger partial charge in [0.05, 0.1) is 11.5 Å². The predicted octanol–water partition coefficient (Wildman–Crippen LogP) is 0.152. The molecule has 0 bridgehead atoms. The molecule has 1 aliphatic rings. The molecule has 104 valence electrons. The molecular weight excluding hydrogens is 274 g/mol. The third kappa shape index (κ3) is 3.28. The van der Waals surface area contributed by atoms with Crippen LogP contribution in [-0.2, 0) is 0 Å². The Labute approximate surface area is 114 Å². The Balaban J connectivity index is 2.14. The summed E-state index contributed by atoms with van der Waals surface area (Å²) in [7, 11) is 0. The monoisotopic (exact) mass is 287 g/mol. The van der Waals surface area contributed by atoms with Crippen LogP contribution in [-0.4, -0.2) is 64.2 Å². The summed E-state index contributed by atoms with van der Waals surface area (Å²) in [5, 5.41) is 19.8. The SMILES string of the molecule is O=[N+]([O-])c1cnc(Cl)nc1N1CCN(CCO)CC1. The van der Waals surface area contributed by atoms with Crippen molar-refractivity contribution in [2.24, 2.45) is 0 Å². The van der Waals surface area contributed by atoms with Crippen molar-refractivity contribution in [2.75, 3.05) is 44.2 Å². The molecule has 1 aliphatic heterocycles. The first-order valence-electron chi connectivity index (χ1n) is 5.87. The van der Waals surface area contributed by atoms with Crippen molar-refractivity contribution in [1.82, 2.24) is 14.9 Å². The summed E-state index contributed by atoms with van der Waals surface area (Å²) >= 11 is 5.70. The molecule has 0 saturated carbocycles. The van der Waals surface area contributed by atoms with Crippen molar-refractivity contribution in [3.8, 4) is 0 Å². The maximum absolute atomic E-state index is 11.0. The fourth-order valence-electron chi connectivity index (χ4n) is 2.03. The zero-order valence-electron chi connectivity index (χ0n) is 10.2. The smallest absolute Gasteiger partial charge is 0.329 e. The van der Waals surface area contributed by atoms with E-state index in [1.54, 1.807) is 0 Å². The Morgan fingerprint density at radius 1 is 1.42 bits per heavy atom. The molecule has 1 N–H and O–H groups in total. The number of hydrogen-bond acceptors (Lipinski definition) is 7. The lowest BCUT2D eigenvalue weighted by Gasteiger charge is -2.34. The summed E-state index contributed by atoms with van der Waals surface area (Å²) in [5.74, 6) is 0.258.